The second-order valence-electron chi connectivity index (χ2n) is 9.13. The zero-order valence-corrected chi connectivity index (χ0v) is 26.6. The number of allylic oxidation sites excluding steroid dienone is 1. The number of rotatable bonds is 10. The van der Waals surface area contributed by atoms with Crippen molar-refractivity contribution in [1.29, 1.82) is 0 Å². The van der Waals surface area contributed by atoms with Crippen LogP contribution in [0.1, 0.15) is 44.9 Å². The zero-order valence-electron chi connectivity index (χ0n) is 24.2. The van der Waals surface area contributed by atoms with E-state index >= 15 is 0 Å². The van der Waals surface area contributed by atoms with E-state index in [1.54, 1.807) is 49.0 Å². The molecule has 4 rings (SSSR count). The fourth-order valence-electron chi connectivity index (χ4n) is 4.91. The number of benzene rings is 2. The van der Waals surface area contributed by atoms with Gasteiger partial charge in [0.25, 0.3) is 11.5 Å². The van der Waals surface area contributed by atoms with Gasteiger partial charge in [0.05, 0.1) is 48.2 Å². The van der Waals surface area contributed by atoms with E-state index in [4.69, 9.17) is 23.9 Å². The Hall–Kier alpha value is -3.57. The van der Waals surface area contributed by atoms with E-state index in [-0.39, 0.29) is 11.5 Å². The number of carbonyl (C=O) groups excluding carboxylic acids is 1. The third-order valence-electron chi connectivity index (χ3n) is 6.87. The molecule has 0 saturated carbocycles. The van der Waals surface area contributed by atoms with Crippen molar-refractivity contribution in [2.45, 2.75) is 33.7 Å². The molecule has 0 unspecified atom stereocenters. The monoisotopic (exact) mass is 643 g/mol. The average Bonchev–Trinajstić information content (AvgIpc) is 3.26. The van der Waals surface area contributed by atoms with E-state index in [0.717, 1.165) is 5.56 Å². The Labute approximate surface area is 251 Å². The predicted molar refractivity (Wildman–Crippen MR) is 163 cm³/mol. The lowest BCUT2D eigenvalue weighted by molar-refractivity contribution is -0.127. The van der Waals surface area contributed by atoms with Crippen molar-refractivity contribution < 1.29 is 23.7 Å². The van der Waals surface area contributed by atoms with Gasteiger partial charge >= 0.3 is 0 Å². The van der Waals surface area contributed by atoms with Crippen LogP contribution in [0.5, 0.6) is 23.0 Å². The number of thiazole rings is 1. The SMILES string of the molecule is CCOc1cc(/C=c2/sc3n(c2=O)[C@H](c2cc(OC)ccc2OC)C(C(=O)N(CC)CC)=C(C)N=3)cc(Br)c1OC. The van der Waals surface area contributed by atoms with Crippen LogP contribution in [-0.4, -0.2) is 56.4 Å². The number of nitrogens with zero attached hydrogens (tertiary/aromatic N) is 3. The molecule has 2 aromatic carbocycles. The first-order valence-corrected chi connectivity index (χ1v) is 14.9. The Morgan fingerprint density at radius 3 is 2.41 bits per heavy atom. The van der Waals surface area contributed by atoms with Crippen LogP contribution >= 0.6 is 27.3 Å². The molecular weight excluding hydrogens is 610 g/mol. The molecule has 1 aliphatic rings. The number of methoxy groups -OCH3 is 3. The standard InChI is InChI=1S/C30H34BrN3O6S/c1-8-33(9-2)29(36)25-17(4)32-30-34(26(25)20-16-19(37-5)11-12-22(20)38-6)28(35)24(41-30)15-18-13-21(31)27(39-7)23(14-18)40-10-3/h11-16,26H,8-10H2,1-7H3/b24-15+/t26-/m1/s1. The maximum absolute atomic E-state index is 14.2. The van der Waals surface area contributed by atoms with Gasteiger partial charge in [0.15, 0.2) is 16.3 Å². The van der Waals surface area contributed by atoms with Crippen molar-refractivity contribution in [3.63, 3.8) is 0 Å². The summed E-state index contributed by atoms with van der Waals surface area (Å²) < 4.78 is 25.2. The van der Waals surface area contributed by atoms with Crippen LogP contribution in [0.3, 0.4) is 0 Å². The highest BCUT2D eigenvalue weighted by Gasteiger charge is 2.36. The first-order valence-electron chi connectivity index (χ1n) is 13.3. The molecule has 0 spiro atoms. The molecule has 0 fully saturated rings. The van der Waals surface area contributed by atoms with Gasteiger partial charge in [-0.05, 0) is 85.6 Å². The molecule has 9 nitrogen and oxygen atoms in total. The van der Waals surface area contributed by atoms with Gasteiger partial charge in [-0.1, -0.05) is 11.3 Å². The van der Waals surface area contributed by atoms with Gasteiger partial charge in [-0.25, -0.2) is 4.99 Å². The van der Waals surface area contributed by atoms with Crippen LogP contribution in [0.4, 0.5) is 0 Å². The van der Waals surface area contributed by atoms with Crippen LogP contribution in [0.25, 0.3) is 6.08 Å². The van der Waals surface area contributed by atoms with Crippen LogP contribution in [0.15, 0.2) is 55.9 Å². The molecule has 3 aromatic rings. The van der Waals surface area contributed by atoms with E-state index in [1.165, 1.54) is 11.3 Å². The van der Waals surface area contributed by atoms with Gasteiger partial charge in [-0.15, -0.1) is 0 Å². The van der Waals surface area contributed by atoms with Gasteiger partial charge < -0.3 is 23.8 Å². The quantitative estimate of drug-likeness (QED) is 0.327. The minimum atomic E-state index is -0.770. The lowest BCUT2D eigenvalue weighted by Crippen LogP contribution is -2.43. The maximum atomic E-state index is 14.2. The second kappa shape index (κ2) is 12.9. The summed E-state index contributed by atoms with van der Waals surface area (Å²) in [5, 5.41) is 0. The van der Waals surface area contributed by atoms with E-state index in [2.05, 4.69) is 15.9 Å². The number of fused-ring (bicyclic) bond motifs is 1. The normalized spacial score (nSPS) is 14.8. The molecular formula is C30H34BrN3O6S. The van der Waals surface area contributed by atoms with E-state index in [0.29, 0.717) is 73.3 Å². The van der Waals surface area contributed by atoms with Crippen molar-refractivity contribution in [1.82, 2.24) is 9.47 Å². The van der Waals surface area contributed by atoms with Gasteiger partial charge in [-0.2, -0.15) is 0 Å². The van der Waals surface area contributed by atoms with E-state index in [1.807, 2.05) is 45.9 Å². The number of carbonyl (C=O) groups is 1. The molecule has 0 radical (unpaired) electrons. The first kappa shape index (κ1) is 30.4. The fraction of sp³-hybridized carbons (Fsp3) is 0.367. The topological polar surface area (TPSA) is 91.6 Å². The third kappa shape index (κ3) is 5.78. The zero-order chi connectivity index (χ0) is 29.8. The summed E-state index contributed by atoms with van der Waals surface area (Å²) in [6.45, 7) is 9.06. The Morgan fingerprint density at radius 2 is 1.80 bits per heavy atom. The molecule has 218 valence electrons. The van der Waals surface area contributed by atoms with Gasteiger partial charge in [0.1, 0.15) is 17.5 Å². The second-order valence-corrected chi connectivity index (χ2v) is 11.0. The lowest BCUT2D eigenvalue weighted by atomic mass is 9.93. The number of halogens is 1. The molecule has 0 N–H and O–H groups in total. The summed E-state index contributed by atoms with van der Waals surface area (Å²) in [5.74, 6) is 2.07. The van der Waals surface area contributed by atoms with Crippen molar-refractivity contribution in [2.75, 3.05) is 41.0 Å². The lowest BCUT2D eigenvalue weighted by Gasteiger charge is -2.30. The number of ether oxygens (including phenoxy) is 4. The molecule has 1 aromatic heterocycles. The minimum absolute atomic E-state index is 0.180. The van der Waals surface area contributed by atoms with Crippen molar-refractivity contribution in [3.05, 3.63) is 76.9 Å². The molecule has 1 aliphatic heterocycles. The van der Waals surface area contributed by atoms with Crippen LogP contribution in [-0.2, 0) is 4.79 Å². The number of likely N-dealkylation sites (N-methyl/N-ethyl adjacent to an activating group) is 1. The molecule has 2 heterocycles. The highest BCUT2D eigenvalue weighted by atomic mass is 79.9. The fourth-order valence-corrected chi connectivity index (χ4v) is 6.58. The predicted octanol–water partition coefficient (Wildman–Crippen LogP) is 4.29. The van der Waals surface area contributed by atoms with E-state index < -0.39 is 6.04 Å². The average molecular weight is 645 g/mol. The summed E-state index contributed by atoms with van der Waals surface area (Å²) >= 11 is 4.81. The molecule has 0 aliphatic carbocycles. The van der Waals surface area contributed by atoms with Gasteiger partial charge in [0.2, 0.25) is 0 Å². The Balaban J connectivity index is 2.01. The first-order chi connectivity index (χ1) is 19.7. The Morgan fingerprint density at radius 1 is 1.07 bits per heavy atom. The highest BCUT2D eigenvalue weighted by molar-refractivity contribution is 9.10. The summed E-state index contributed by atoms with van der Waals surface area (Å²) in [4.78, 5) is 35.0. The summed E-state index contributed by atoms with van der Waals surface area (Å²) in [7, 11) is 4.71. The van der Waals surface area contributed by atoms with E-state index in [9.17, 15) is 9.59 Å². The summed E-state index contributed by atoms with van der Waals surface area (Å²) in [6, 6.07) is 8.30. The Bertz CT molecular complexity index is 1670. The van der Waals surface area contributed by atoms with Crippen molar-refractivity contribution in [2.24, 2.45) is 4.99 Å². The van der Waals surface area contributed by atoms with Crippen molar-refractivity contribution in [3.8, 4) is 23.0 Å². The summed E-state index contributed by atoms with van der Waals surface area (Å²) in [6.07, 6.45) is 1.79. The highest BCUT2D eigenvalue weighted by Crippen LogP contribution is 2.39. The third-order valence-corrected chi connectivity index (χ3v) is 8.44. The molecule has 1 atom stereocenters. The summed E-state index contributed by atoms with van der Waals surface area (Å²) in [5.41, 5.74) is 2.08. The molecule has 0 bridgehead atoms. The van der Waals surface area contributed by atoms with Crippen LogP contribution in [0.2, 0.25) is 0 Å². The smallest absolute Gasteiger partial charge is 0.271 e. The number of hydrogen-bond acceptors (Lipinski definition) is 8. The number of aromatic nitrogens is 1. The molecule has 0 saturated heterocycles. The Kier molecular flexibility index (Phi) is 9.60. The van der Waals surface area contributed by atoms with Crippen molar-refractivity contribution >= 4 is 39.2 Å². The maximum Gasteiger partial charge on any atom is 0.271 e. The van der Waals surface area contributed by atoms with Gasteiger partial charge in [0, 0.05) is 18.7 Å². The number of amides is 1. The minimum Gasteiger partial charge on any atom is -0.497 e. The molecule has 1 amide bonds. The van der Waals surface area contributed by atoms with Crippen LogP contribution in [0, 0.1) is 0 Å². The molecule has 41 heavy (non-hydrogen) atoms. The largest absolute Gasteiger partial charge is 0.497 e. The van der Waals surface area contributed by atoms with Gasteiger partial charge in [-0.3, -0.25) is 14.2 Å². The molecule has 11 heteroatoms. The number of hydrogen-bond donors (Lipinski definition) is 0. The van der Waals surface area contributed by atoms with Crippen LogP contribution < -0.4 is 33.8 Å².